The first-order valence-electron chi connectivity index (χ1n) is 8.42. The van der Waals surface area contributed by atoms with Gasteiger partial charge in [0.1, 0.15) is 5.75 Å². The Hall–Kier alpha value is -1.59. The molecule has 1 aromatic rings. The molecular formula is C18H28N2O3. The molecule has 0 aliphatic carbocycles. The third-order valence-electron chi connectivity index (χ3n) is 4.25. The Morgan fingerprint density at radius 2 is 2.04 bits per heavy atom. The van der Waals surface area contributed by atoms with Crippen LogP contribution in [0.1, 0.15) is 24.5 Å². The Morgan fingerprint density at radius 1 is 1.30 bits per heavy atom. The van der Waals surface area contributed by atoms with Crippen molar-refractivity contribution in [1.82, 2.24) is 10.2 Å². The molecule has 1 amide bonds. The molecule has 0 aromatic heterocycles. The van der Waals surface area contributed by atoms with Gasteiger partial charge in [-0.3, -0.25) is 9.69 Å². The lowest BCUT2D eigenvalue weighted by molar-refractivity contribution is -0.128. The Bertz CT molecular complexity index is 513. The van der Waals surface area contributed by atoms with Crippen LogP contribution in [-0.2, 0) is 9.53 Å². The van der Waals surface area contributed by atoms with Crippen molar-refractivity contribution in [2.45, 2.75) is 33.3 Å². The average molecular weight is 320 g/mol. The van der Waals surface area contributed by atoms with Gasteiger partial charge in [0, 0.05) is 26.2 Å². The van der Waals surface area contributed by atoms with Crippen LogP contribution >= 0.6 is 0 Å². The van der Waals surface area contributed by atoms with E-state index in [0.717, 1.165) is 38.6 Å². The number of nitrogens with zero attached hydrogens (tertiary/aromatic N) is 1. The third-order valence-corrected chi connectivity index (χ3v) is 4.25. The van der Waals surface area contributed by atoms with Gasteiger partial charge in [0.25, 0.3) is 5.91 Å². The number of ether oxygens (including phenoxy) is 2. The summed E-state index contributed by atoms with van der Waals surface area (Å²) in [6, 6.07) is 5.93. The maximum Gasteiger partial charge on any atom is 0.261 e. The molecule has 1 unspecified atom stereocenters. The summed E-state index contributed by atoms with van der Waals surface area (Å²) in [5, 5.41) is 2.98. The first kappa shape index (κ1) is 17.8. The van der Waals surface area contributed by atoms with Crippen molar-refractivity contribution in [1.29, 1.82) is 0 Å². The molecule has 1 aliphatic rings. The normalized spacial score (nSPS) is 16.8. The van der Waals surface area contributed by atoms with Crippen LogP contribution in [0.15, 0.2) is 18.2 Å². The quantitative estimate of drug-likeness (QED) is 0.834. The Labute approximate surface area is 139 Å². The van der Waals surface area contributed by atoms with Crippen molar-refractivity contribution < 1.29 is 14.3 Å². The van der Waals surface area contributed by atoms with Crippen molar-refractivity contribution in [3.8, 4) is 5.75 Å². The molecule has 1 fully saturated rings. The topological polar surface area (TPSA) is 50.8 Å². The second-order valence-electron chi connectivity index (χ2n) is 6.01. The van der Waals surface area contributed by atoms with Crippen LogP contribution in [0.2, 0.25) is 0 Å². The molecular weight excluding hydrogens is 292 g/mol. The summed E-state index contributed by atoms with van der Waals surface area (Å²) < 4.78 is 11.2. The highest BCUT2D eigenvalue weighted by Crippen LogP contribution is 2.18. The minimum atomic E-state index is -0.443. The van der Waals surface area contributed by atoms with Crippen LogP contribution in [0.3, 0.4) is 0 Å². The molecule has 23 heavy (non-hydrogen) atoms. The number of rotatable bonds is 7. The maximum atomic E-state index is 12.3. The van der Waals surface area contributed by atoms with Gasteiger partial charge in [-0.05, 0) is 43.5 Å². The van der Waals surface area contributed by atoms with Crippen LogP contribution in [0.4, 0.5) is 0 Å². The third kappa shape index (κ3) is 5.52. The van der Waals surface area contributed by atoms with Gasteiger partial charge in [0.05, 0.1) is 13.2 Å². The summed E-state index contributed by atoms with van der Waals surface area (Å²) in [5.74, 6) is 0.710. The van der Waals surface area contributed by atoms with Gasteiger partial charge in [-0.1, -0.05) is 13.0 Å². The van der Waals surface area contributed by atoms with Crippen molar-refractivity contribution in [3.05, 3.63) is 29.3 Å². The van der Waals surface area contributed by atoms with Crippen LogP contribution in [0.25, 0.3) is 0 Å². The fourth-order valence-electron chi connectivity index (χ4n) is 2.55. The number of hydrogen-bond acceptors (Lipinski definition) is 4. The van der Waals surface area contributed by atoms with E-state index in [1.165, 1.54) is 11.1 Å². The van der Waals surface area contributed by atoms with E-state index in [4.69, 9.17) is 9.47 Å². The van der Waals surface area contributed by atoms with Crippen molar-refractivity contribution in [2.24, 2.45) is 0 Å². The van der Waals surface area contributed by atoms with Gasteiger partial charge in [0.15, 0.2) is 6.10 Å². The molecule has 1 heterocycles. The summed E-state index contributed by atoms with van der Waals surface area (Å²) in [6.45, 7) is 11.0. The number of benzene rings is 1. The van der Waals surface area contributed by atoms with E-state index in [-0.39, 0.29) is 5.91 Å². The molecule has 1 aliphatic heterocycles. The molecule has 2 rings (SSSR count). The highest BCUT2D eigenvalue weighted by molar-refractivity contribution is 5.81. The molecule has 1 aromatic carbocycles. The van der Waals surface area contributed by atoms with Gasteiger partial charge in [-0.15, -0.1) is 0 Å². The fraction of sp³-hybridized carbons (Fsp3) is 0.611. The second-order valence-corrected chi connectivity index (χ2v) is 6.01. The fourth-order valence-corrected chi connectivity index (χ4v) is 2.55. The van der Waals surface area contributed by atoms with Crippen molar-refractivity contribution in [2.75, 3.05) is 39.4 Å². The van der Waals surface area contributed by atoms with E-state index in [2.05, 4.69) is 17.1 Å². The number of aryl methyl sites for hydroxylation is 2. The van der Waals surface area contributed by atoms with Crippen LogP contribution in [0, 0.1) is 13.8 Å². The van der Waals surface area contributed by atoms with Crippen LogP contribution in [-0.4, -0.2) is 56.3 Å². The van der Waals surface area contributed by atoms with E-state index in [1.54, 1.807) is 0 Å². The number of carbonyl (C=O) groups excluding carboxylic acids is 1. The summed E-state index contributed by atoms with van der Waals surface area (Å²) in [4.78, 5) is 14.6. The lowest BCUT2D eigenvalue weighted by atomic mass is 10.1. The van der Waals surface area contributed by atoms with Crippen LogP contribution in [0.5, 0.6) is 5.75 Å². The molecule has 0 saturated carbocycles. The molecule has 128 valence electrons. The largest absolute Gasteiger partial charge is 0.481 e. The summed E-state index contributed by atoms with van der Waals surface area (Å²) in [7, 11) is 0. The Balaban J connectivity index is 1.79. The zero-order valence-electron chi connectivity index (χ0n) is 14.4. The lowest BCUT2D eigenvalue weighted by Gasteiger charge is -2.26. The highest BCUT2D eigenvalue weighted by Gasteiger charge is 2.18. The Kier molecular flexibility index (Phi) is 6.86. The molecule has 1 saturated heterocycles. The van der Waals surface area contributed by atoms with Gasteiger partial charge in [-0.25, -0.2) is 0 Å². The average Bonchev–Trinajstić information content (AvgIpc) is 2.56. The minimum Gasteiger partial charge on any atom is -0.481 e. The summed E-state index contributed by atoms with van der Waals surface area (Å²) in [5.41, 5.74) is 2.39. The van der Waals surface area contributed by atoms with Gasteiger partial charge in [-0.2, -0.15) is 0 Å². The van der Waals surface area contributed by atoms with Gasteiger partial charge < -0.3 is 14.8 Å². The predicted octanol–water partition coefficient (Wildman–Crippen LogP) is 1.91. The Morgan fingerprint density at radius 3 is 2.70 bits per heavy atom. The molecule has 5 nitrogen and oxygen atoms in total. The van der Waals surface area contributed by atoms with E-state index in [1.807, 2.05) is 32.0 Å². The predicted molar refractivity (Wildman–Crippen MR) is 90.9 cm³/mol. The van der Waals surface area contributed by atoms with E-state index in [0.29, 0.717) is 13.0 Å². The molecule has 5 heteroatoms. The van der Waals surface area contributed by atoms with E-state index in [9.17, 15) is 4.79 Å². The molecule has 0 bridgehead atoms. The lowest BCUT2D eigenvalue weighted by Crippen LogP contribution is -2.44. The summed E-state index contributed by atoms with van der Waals surface area (Å²) >= 11 is 0. The SMILES string of the molecule is CCC(Oc1ccc(C)c(C)c1)C(=O)NCCN1CCOCC1. The molecule has 0 spiro atoms. The smallest absolute Gasteiger partial charge is 0.261 e. The summed E-state index contributed by atoms with van der Waals surface area (Å²) in [6.07, 6.45) is 0.206. The zero-order chi connectivity index (χ0) is 16.7. The number of amides is 1. The van der Waals surface area contributed by atoms with Crippen LogP contribution < -0.4 is 10.1 Å². The van der Waals surface area contributed by atoms with Gasteiger partial charge in [0.2, 0.25) is 0 Å². The maximum absolute atomic E-state index is 12.3. The van der Waals surface area contributed by atoms with Crippen molar-refractivity contribution in [3.63, 3.8) is 0 Å². The first-order valence-corrected chi connectivity index (χ1v) is 8.42. The minimum absolute atomic E-state index is 0.0426. The van der Waals surface area contributed by atoms with Gasteiger partial charge >= 0.3 is 0 Å². The number of morpholine rings is 1. The monoisotopic (exact) mass is 320 g/mol. The number of hydrogen-bond donors (Lipinski definition) is 1. The van der Waals surface area contributed by atoms with Crippen molar-refractivity contribution >= 4 is 5.91 Å². The molecule has 1 atom stereocenters. The van der Waals surface area contributed by atoms with E-state index < -0.39 is 6.10 Å². The first-order chi connectivity index (χ1) is 11.1. The highest BCUT2D eigenvalue weighted by atomic mass is 16.5. The standard InChI is InChI=1S/C18H28N2O3/c1-4-17(23-16-6-5-14(2)15(3)13-16)18(21)19-7-8-20-9-11-22-12-10-20/h5-6,13,17H,4,7-12H2,1-3H3,(H,19,21). The molecule has 0 radical (unpaired) electrons. The second kappa shape index (κ2) is 8.89. The zero-order valence-corrected chi connectivity index (χ0v) is 14.4. The number of nitrogens with one attached hydrogen (secondary N) is 1. The number of carbonyl (C=O) groups is 1. The van der Waals surface area contributed by atoms with E-state index >= 15 is 0 Å². The molecule has 1 N–H and O–H groups in total.